The molecule has 0 saturated carbocycles. The van der Waals surface area contributed by atoms with Crippen LogP contribution in [0.5, 0.6) is 0 Å². The molecular formula is C7H5I2N3O. The van der Waals surface area contributed by atoms with Crippen LogP contribution in [0.4, 0.5) is 5.95 Å². The fourth-order valence-corrected chi connectivity index (χ4v) is 2.25. The number of aromatic nitrogens is 2. The van der Waals surface area contributed by atoms with Crippen LogP contribution in [-0.2, 0) is 4.79 Å². The third kappa shape index (κ3) is 3.55. The van der Waals surface area contributed by atoms with E-state index in [1.54, 1.807) is 0 Å². The average molecular weight is 401 g/mol. The number of anilines is 1. The summed E-state index contributed by atoms with van der Waals surface area (Å²) < 4.78 is 1.58. The Morgan fingerprint density at radius 1 is 1.46 bits per heavy atom. The summed E-state index contributed by atoms with van der Waals surface area (Å²) in [5.41, 5.74) is 0. The first-order valence-corrected chi connectivity index (χ1v) is 5.41. The second-order valence-corrected chi connectivity index (χ2v) is 4.24. The van der Waals surface area contributed by atoms with Gasteiger partial charge in [0.2, 0.25) is 11.9 Å². The van der Waals surface area contributed by atoms with Gasteiger partial charge in [-0.15, -0.1) is 0 Å². The van der Waals surface area contributed by atoms with Crippen molar-refractivity contribution in [3.63, 3.8) is 0 Å². The zero-order valence-electron chi connectivity index (χ0n) is 6.42. The summed E-state index contributed by atoms with van der Waals surface area (Å²) in [6.07, 6.45) is 1.18. The van der Waals surface area contributed by atoms with E-state index in [1.807, 2.05) is 6.07 Å². The maximum absolute atomic E-state index is 10.9. The van der Waals surface area contributed by atoms with Gasteiger partial charge in [-0.2, -0.15) is 0 Å². The third-order valence-corrected chi connectivity index (χ3v) is 2.19. The molecule has 1 amide bonds. The molecule has 0 aliphatic carbocycles. The molecule has 0 radical (unpaired) electrons. The Morgan fingerprint density at radius 3 is 2.46 bits per heavy atom. The van der Waals surface area contributed by atoms with Crippen molar-refractivity contribution in [1.29, 1.82) is 0 Å². The van der Waals surface area contributed by atoms with Crippen LogP contribution in [-0.4, -0.2) is 15.9 Å². The molecule has 1 aromatic heterocycles. The van der Waals surface area contributed by atoms with Crippen molar-refractivity contribution >= 4 is 57.0 Å². The van der Waals surface area contributed by atoms with Crippen molar-refractivity contribution in [3.8, 4) is 0 Å². The van der Waals surface area contributed by atoms with E-state index in [1.165, 1.54) is 6.08 Å². The molecule has 0 aromatic carbocycles. The highest BCUT2D eigenvalue weighted by Crippen LogP contribution is 2.09. The Kier molecular flexibility index (Phi) is 4.03. The Labute approximate surface area is 103 Å². The molecule has 1 heterocycles. The van der Waals surface area contributed by atoms with Crippen molar-refractivity contribution in [2.24, 2.45) is 0 Å². The number of rotatable bonds is 2. The standard InChI is InChI=1S/C7H5I2N3O/c1-2-6(13)12-7-10-4(8)3-5(9)11-7/h2-3H,1H2,(H,10,11,12,13). The smallest absolute Gasteiger partial charge is 0.250 e. The predicted octanol–water partition coefficient (Wildman–Crippen LogP) is 1.81. The van der Waals surface area contributed by atoms with Gasteiger partial charge in [0.1, 0.15) is 7.40 Å². The zero-order chi connectivity index (χ0) is 9.84. The lowest BCUT2D eigenvalue weighted by molar-refractivity contribution is -0.111. The van der Waals surface area contributed by atoms with Crippen LogP contribution in [0.15, 0.2) is 18.7 Å². The summed E-state index contributed by atoms with van der Waals surface area (Å²) in [7, 11) is 0. The molecule has 0 unspecified atom stereocenters. The van der Waals surface area contributed by atoms with E-state index in [2.05, 4.69) is 67.0 Å². The molecule has 1 N–H and O–H groups in total. The van der Waals surface area contributed by atoms with Gasteiger partial charge in [-0.25, -0.2) is 9.97 Å². The number of nitrogens with zero attached hydrogens (tertiary/aromatic N) is 2. The minimum absolute atomic E-state index is 0.307. The zero-order valence-corrected chi connectivity index (χ0v) is 10.7. The van der Waals surface area contributed by atoms with Gasteiger partial charge in [0.05, 0.1) is 0 Å². The number of carbonyl (C=O) groups excluding carboxylic acids is 1. The molecule has 0 aliphatic heterocycles. The van der Waals surface area contributed by atoms with E-state index in [9.17, 15) is 4.79 Å². The van der Waals surface area contributed by atoms with Gasteiger partial charge < -0.3 is 0 Å². The highest BCUT2D eigenvalue weighted by molar-refractivity contribution is 14.1. The van der Waals surface area contributed by atoms with Crippen molar-refractivity contribution in [2.75, 3.05) is 5.32 Å². The monoisotopic (exact) mass is 401 g/mol. The fraction of sp³-hybridized carbons (Fsp3) is 0. The molecule has 0 fully saturated rings. The predicted molar refractivity (Wildman–Crippen MR) is 66.3 cm³/mol. The van der Waals surface area contributed by atoms with Crippen LogP contribution < -0.4 is 5.32 Å². The van der Waals surface area contributed by atoms with E-state index in [0.717, 1.165) is 7.40 Å². The molecule has 68 valence electrons. The molecule has 6 heteroatoms. The first kappa shape index (κ1) is 10.8. The highest BCUT2D eigenvalue weighted by Gasteiger charge is 2.02. The maximum Gasteiger partial charge on any atom is 0.250 e. The van der Waals surface area contributed by atoms with Crippen LogP contribution in [0.25, 0.3) is 0 Å². The van der Waals surface area contributed by atoms with E-state index in [0.29, 0.717) is 5.95 Å². The molecule has 0 atom stereocenters. The number of hydrogen-bond donors (Lipinski definition) is 1. The third-order valence-electron chi connectivity index (χ3n) is 1.08. The summed E-state index contributed by atoms with van der Waals surface area (Å²) in [6, 6.07) is 1.81. The molecule has 0 saturated heterocycles. The summed E-state index contributed by atoms with van der Waals surface area (Å²) >= 11 is 4.11. The maximum atomic E-state index is 10.9. The average Bonchev–Trinajstić information content (AvgIpc) is 2.02. The Hall–Kier alpha value is -0.250. The molecule has 1 rings (SSSR count). The van der Waals surface area contributed by atoms with Gasteiger partial charge in [-0.3, -0.25) is 10.1 Å². The van der Waals surface area contributed by atoms with E-state index in [-0.39, 0.29) is 5.91 Å². The number of nitrogens with one attached hydrogen (secondary N) is 1. The first-order chi connectivity index (χ1) is 6.11. The lowest BCUT2D eigenvalue weighted by Gasteiger charge is -2.00. The van der Waals surface area contributed by atoms with Crippen LogP contribution in [0.3, 0.4) is 0 Å². The second kappa shape index (κ2) is 4.84. The minimum Gasteiger partial charge on any atom is -0.291 e. The first-order valence-electron chi connectivity index (χ1n) is 3.25. The molecular weight excluding hydrogens is 396 g/mol. The largest absolute Gasteiger partial charge is 0.291 e. The normalized spacial score (nSPS) is 9.38. The summed E-state index contributed by atoms with van der Waals surface area (Å²) in [6.45, 7) is 3.33. The van der Waals surface area contributed by atoms with E-state index < -0.39 is 0 Å². The SMILES string of the molecule is C=CC(=O)Nc1nc(I)cc(I)n1. The van der Waals surface area contributed by atoms with Crippen LogP contribution in [0.2, 0.25) is 0 Å². The second-order valence-electron chi connectivity index (χ2n) is 2.03. The summed E-state index contributed by atoms with van der Waals surface area (Å²) in [5, 5.41) is 2.48. The summed E-state index contributed by atoms with van der Waals surface area (Å²) in [5.74, 6) is -0.000926. The van der Waals surface area contributed by atoms with Gasteiger partial charge in [-0.05, 0) is 51.3 Å². The Bertz CT molecular complexity index is 333. The Balaban J connectivity index is 2.89. The molecule has 1 aromatic rings. The van der Waals surface area contributed by atoms with E-state index >= 15 is 0 Å². The van der Waals surface area contributed by atoms with Crippen LogP contribution in [0, 0.1) is 7.40 Å². The molecule has 0 bridgehead atoms. The molecule has 13 heavy (non-hydrogen) atoms. The molecule has 0 aliphatic rings. The number of carbonyl (C=O) groups is 1. The minimum atomic E-state index is -0.308. The topological polar surface area (TPSA) is 54.9 Å². The lowest BCUT2D eigenvalue weighted by atomic mass is 10.6. The van der Waals surface area contributed by atoms with Gasteiger partial charge in [0.15, 0.2) is 0 Å². The molecule has 4 nitrogen and oxygen atoms in total. The van der Waals surface area contributed by atoms with Crippen LogP contribution in [0.1, 0.15) is 0 Å². The van der Waals surface area contributed by atoms with Gasteiger partial charge in [0, 0.05) is 6.07 Å². The quantitative estimate of drug-likeness (QED) is 0.468. The lowest BCUT2D eigenvalue weighted by Crippen LogP contribution is -2.11. The number of amides is 1. The Morgan fingerprint density at radius 2 is 2.00 bits per heavy atom. The van der Waals surface area contributed by atoms with E-state index in [4.69, 9.17) is 0 Å². The van der Waals surface area contributed by atoms with Crippen molar-refractivity contribution < 1.29 is 4.79 Å². The van der Waals surface area contributed by atoms with Crippen molar-refractivity contribution in [3.05, 3.63) is 26.1 Å². The number of hydrogen-bond acceptors (Lipinski definition) is 3. The van der Waals surface area contributed by atoms with Crippen LogP contribution >= 0.6 is 45.2 Å². The molecule has 0 spiro atoms. The van der Waals surface area contributed by atoms with Gasteiger partial charge >= 0.3 is 0 Å². The fourth-order valence-electron chi connectivity index (χ4n) is 0.607. The van der Waals surface area contributed by atoms with Crippen molar-refractivity contribution in [1.82, 2.24) is 9.97 Å². The highest BCUT2D eigenvalue weighted by atomic mass is 127. The number of halogens is 2. The van der Waals surface area contributed by atoms with Gasteiger partial charge in [0.25, 0.3) is 0 Å². The van der Waals surface area contributed by atoms with Crippen molar-refractivity contribution in [2.45, 2.75) is 0 Å². The van der Waals surface area contributed by atoms with Gasteiger partial charge in [-0.1, -0.05) is 6.58 Å². The summed E-state index contributed by atoms with van der Waals surface area (Å²) in [4.78, 5) is 18.9.